The van der Waals surface area contributed by atoms with E-state index in [9.17, 15) is 4.79 Å². The molecule has 1 rings (SSSR count). The SMILES string of the molecule is CC(C)(C)OC(=O)Cc1ccc[nH]c1=S. The molecule has 15 heavy (non-hydrogen) atoms. The van der Waals surface area contributed by atoms with Crippen molar-refractivity contribution in [2.75, 3.05) is 0 Å². The van der Waals surface area contributed by atoms with Crippen LogP contribution in [0.4, 0.5) is 0 Å². The molecule has 4 heteroatoms. The number of aromatic amines is 1. The summed E-state index contributed by atoms with van der Waals surface area (Å²) in [5.74, 6) is -0.256. The standard InChI is InChI=1S/C11H15NO2S/c1-11(2,3)14-9(13)7-8-5-4-6-12-10(8)15/h4-6H,7H2,1-3H3,(H,12,15). The van der Waals surface area contributed by atoms with Crippen molar-refractivity contribution in [3.05, 3.63) is 28.5 Å². The number of esters is 1. The lowest BCUT2D eigenvalue weighted by molar-refractivity contribution is -0.153. The van der Waals surface area contributed by atoms with Gasteiger partial charge in [-0.2, -0.15) is 0 Å². The maximum Gasteiger partial charge on any atom is 0.310 e. The molecule has 0 aliphatic rings. The molecular weight excluding hydrogens is 210 g/mol. The lowest BCUT2D eigenvalue weighted by Gasteiger charge is -2.19. The van der Waals surface area contributed by atoms with Crippen molar-refractivity contribution in [3.8, 4) is 0 Å². The molecule has 1 N–H and O–H groups in total. The molecule has 0 aliphatic heterocycles. The molecule has 3 nitrogen and oxygen atoms in total. The molecule has 0 atom stereocenters. The number of aromatic nitrogens is 1. The first-order valence-corrected chi connectivity index (χ1v) is 5.18. The molecule has 0 aliphatic carbocycles. The summed E-state index contributed by atoms with van der Waals surface area (Å²) in [6.45, 7) is 5.53. The zero-order chi connectivity index (χ0) is 11.5. The van der Waals surface area contributed by atoms with Crippen LogP contribution in [0.3, 0.4) is 0 Å². The van der Waals surface area contributed by atoms with E-state index in [1.165, 1.54) is 0 Å². The topological polar surface area (TPSA) is 42.1 Å². The molecule has 0 spiro atoms. The Bertz CT molecular complexity index is 404. The number of pyridine rings is 1. The fourth-order valence-corrected chi connectivity index (χ4v) is 1.34. The van der Waals surface area contributed by atoms with Gasteiger partial charge in [-0.25, -0.2) is 0 Å². The highest BCUT2D eigenvalue weighted by molar-refractivity contribution is 7.71. The second kappa shape index (κ2) is 4.57. The number of H-pyrrole nitrogens is 1. The highest BCUT2D eigenvalue weighted by Gasteiger charge is 2.16. The molecule has 1 heterocycles. The summed E-state index contributed by atoms with van der Waals surface area (Å²) < 4.78 is 5.78. The molecule has 0 saturated carbocycles. The summed E-state index contributed by atoms with van der Waals surface area (Å²) in [7, 11) is 0. The Morgan fingerprint density at radius 1 is 1.53 bits per heavy atom. The minimum absolute atomic E-state index is 0.216. The molecule has 0 radical (unpaired) electrons. The van der Waals surface area contributed by atoms with E-state index in [0.717, 1.165) is 5.56 Å². The van der Waals surface area contributed by atoms with Crippen LogP contribution in [0.1, 0.15) is 26.3 Å². The average molecular weight is 225 g/mol. The van der Waals surface area contributed by atoms with Crippen LogP contribution in [-0.4, -0.2) is 16.6 Å². The molecule has 1 aromatic heterocycles. The van der Waals surface area contributed by atoms with Crippen molar-refractivity contribution < 1.29 is 9.53 Å². The molecule has 0 unspecified atom stereocenters. The van der Waals surface area contributed by atoms with Crippen LogP contribution in [0.25, 0.3) is 0 Å². The zero-order valence-corrected chi connectivity index (χ0v) is 9.98. The van der Waals surface area contributed by atoms with Crippen LogP contribution in [0.2, 0.25) is 0 Å². The normalized spacial score (nSPS) is 11.1. The Morgan fingerprint density at radius 3 is 2.73 bits per heavy atom. The summed E-state index contributed by atoms with van der Waals surface area (Å²) >= 11 is 5.05. The van der Waals surface area contributed by atoms with Gasteiger partial charge in [-0.3, -0.25) is 4.79 Å². The molecule has 1 aromatic rings. The third-order valence-electron chi connectivity index (χ3n) is 1.65. The van der Waals surface area contributed by atoms with Gasteiger partial charge in [0, 0.05) is 6.20 Å². The highest BCUT2D eigenvalue weighted by Crippen LogP contribution is 2.10. The molecule has 82 valence electrons. The highest BCUT2D eigenvalue weighted by atomic mass is 32.1. The first-order valence-electron chi connectivity index (χ1n) is 4.77. The van der Waals surface area contributed by atoms with Crippen molar-refractivity contribution in [2.45, 2.75) is 32.8 Å². The van der Waals surface area contributed by atoms with Crippen LogP contribution in [0, 0.1) is 4.64 Å². The van der Waals surface area contributed by atoms with Gasteiger partial charge in [-0.1, -0.05) is 18.3 Å². The van der Waals surface area contributed by atoms with Crippen molar-refractivity contribution in [1.82, 2.24) is 4.98 Å². The van der Waals surface area contributed by atoms with Gasteiger partial charge in [0.2, 0.25) is 0 Å². The molecule has 0 bridgehead atoms. The molecule has 0 aromatic carbocycles. The van der Waals surface area contributed by atoms with Crippen molar-refractivity contribution in [2.24, 2.45) is 0 Å². The van der Waals surface area contributed by atoms with E-state index in [2.05, 4.69) is 4.98 Å². The fourth-order valence-electron chi connectivity index (χ4n) is 1.13. The van der Waals surface area contributed by atoms with E-state index in [1.807, 2.05) is 32.9 Å². The minimum Gasteiger partial charge on any atom is -0.460 e. The maximum absolute atomic E-state index is 11.5. The van der Waals surface area contributed by atoms with Crippen LogP contribution < -0.4 is 0 Å². The van der Waals surface area contributed by atoms with Gasteiger partial charge >= 0.3 is 5.97 Å². The number of ether oxygens (including phenoxy) is 1. The van der Waals surface area contributed by atoms with Gasteiger partial charge < -0.3 is 9.72 Å². The minimum atomic E-state index is -0.447. The second-order valence-corrected chi connectivity index (χ2v) is 4.70. The first-order chi connectivity index (χ1) is 6.88. The Morgan fingerprint density at radius 2 is 2.20 bits per heavy atom. The Hall–Kier alpha value is -1.16. The van der Waals surface area contributed by atoms with Gasteiger partial charge in [0.25, 0.3) is 0 Å². The smallest absolute Gasteiger partial charge is 0.310 e. The monoisotopic (exact) mass is 225 g/mol. The van der Waals surface area contributed by atoms with Crippen molar-refractivity contribution in [1.29, 1.82) is 0 Å². The van der Waals surface area contributed by atoms with E-state index < -0.39 is 5.60 Å². The van der Waals surface area contributed by atoms with Crippen LogP contribution in [-0.2, 0) is 16.0 Å². The summed E-state index contributed by atoms with van der Waals surface area (Å²) in [5.41, 5.74) is 0.346. The van der Waals surface area contributed by atoms with Crippen molar-refractivity contribution in [3.63, 3.8) is 0 Å². The average Bonchev–Trinajstić information content (AvgIpc) is 2.05. The maximum atomic E-state index is 11.5. The third-order valence-corrected chi connectivity index (χ3v) is 2.03. The number of rotatable bonds is 2. The quantitative estimate of drug-likeness (QED) is 0.621. The Kier molecular flexibility index (Phi) is 3.63. The van der Waals surface area contributed by atoms with E-state index in [0.29, 0.717) is 4.64 Å². The number of hydrogen-bond donors (Lipinski definition) is 1. The molecular formula is C11H15NO2S. The summed E-state index contributed by atoms with van der Waals surface area (Å²) in [6, 6.07) is 3.64. The lowest BCUT2D eigenvalue weighted by Crippen LogP contribution is -2.25. The predicted molar refractivity (Wildman–Crippen MR) is 61.2 cm³/mol. The van der Waals surface area contributed by atoms with Crippen LogP contribution >= 0.6 is 12.2 Å². The first kappa shape index (κ1) is 11.9. The second-order valence-electron chi connectivity index (χ2n) is 4.29. The van der Waals surface area contributed by atoms with Crippen LogP contribution in [0.5, 0.6) is 0 Å². The van der Waals surface area contributed by atoms with Gasteiger partial charge in [-0.15, -0.1) is 0 Å². The number of carbonyl (C=O) groups excluding carboxylic acids is 1. The molecule has 0 saturated heterocycles. The van der Waals surface area contributed by atoms with Crippen molar-refractivity contribution >= 4 is 18.2 Å². The number of carbonyl (C=O) groups is 1. The largest absolute Gasteiger partial charge is 0.460 e. The lowest BCUT2D eigenvalue weighted by atomic mass is 10.2. The Balaban J connectivity index is 2.68. The fraction of sp³-hybridized carbons (Fsp3) is 0.455. The Labute approximate surface area is 94.5 Å². The van der Waals surface area contributed by atoms with Crippen LogP contribution in [0.15, 0.2) is 18.3 Å². The van der Waals surface area contributed by atoms with E-state index in [1.54, 1.807) is 6.20 Å². The van der Waals surface area contributed by atoms with E-state index in [-0.39, 0.29) is 12.4 Å². The van der Waals surface area contributed by atoms with Gasteiger partial charge in [0.1, 0.15) is 10.2 Å². The number of hydrogen-bond acceptors (Lipinski definition) is 3. The van der Waals surface area contributed by atoms with Gasteiger partial charge in [0.05, 0.1) is 6.42 Å². The van der Waals surface area contributed by atoms with E-state index in [4.69, 9.17) is 17.0 Å². The molecule has 0 amide bonds. The summed E-state index contributed by atoms with van der Waals surface area (Å²) in [6.07, 6.45) is 1.95. The third kappa shape index (κ3) is 4.25. The van der Waals surface area contributed by atoms with E-state index >= 15 is 0 Å². The van der Waals surface area contributed by atoms with Gasteiger partial charge in [0.15, 0.2) is 0 Å². The molecule has 0 fully saturated rings. The zero-order valence-electron chi connectivity index (χ0n) is 9.16. The predicted octanol–water partition coefficient (Wildman–Crippen LogP) is 2.63. The summed E-state index contributed by atoms with van der Waals surface area (Å²) in [5, 5.41) is 0. The summed E-state index contributed by atoms with van der Waals surface area (Å²) in [4.78, 5) is 14.4. The van der Waals surface area contributed by atoms with Gasteiger partial charge in [-0.05, 0) is 32.4 Å². The number of nitrogens with one attached hydrogen (secondary N) is 1.